The van der Waals surface area contributed by atoms with Gasteiger partial charge in [0.15, 0.2) is 0 Å². The van der Waals surface area contributed by atoms with Crippen LogP contribution in [-0.2, 0) is 0 Å². The molecule has 0 aliphatic heterocycles. The van der Waals surface area contributed by atoms with Crippen LogP contribution in [0.2, 0.25) is 5.02 Å². The quantitative estimate of drug-likeness (QED) is 0.504. The zero-order valence-electron chi connectivity index (χ0n) is 15.1. The van der Waals surface area contributed by atoms with Crippen LogP contribution in [0.25, 0.3) is 27.9 Å². The molecule has 2 aromatic heterocycles. The number of benzene rings is 2. The molecule has 2 heterocycles. The number of aromatic nitrogens is 2. The highest BCUT2D eigenvalue weighted by molar-refractivity contribution is 6.30. The normalized spacial score (nSPS) is 10.9. The number of carbonyl (C=O) groups excluding carboxylic acids is 1. The van der Waals surface area contributed by atoms with Gasteiger partial charge in [0.2, 0.25) is 0 Å². The van der Waals surface area contributed by atoms with E-state index in [1.54, 1.807) is 19.0 Å². The summed E-state index contributed by atoms with van der Waals surface area (Å²) >= 11 is 5.97. The molecule has 0 bridgehead atoms. The third-order valence-corrected chi connectivity index (χ3v) is 4.70. The molecule has 4 aromatic rings. The van der Waals surface area contributed by atoms with Gasteiger partial charge >= 0.3 is 0 Å². The fourth-order valence-electron chi connectivity index (χ4n) is 3.03. The number of halogens is 1. The molecule has 0 saturated carbocycles. The molecule has 134 valence electrons. The van der Waals surface area contributed by atoms with Crippen molar-refractivity contribution in [3.63, 3.8) is 0 Å². The zero-order chi connectivity index (χ0) is 19.0. The number of nitrogens with zero attached hydrogens (tertiary/aromatic N) is 3. The van der Waals surface area contributed by atoms with Crippen molar-refractivity contribution in [2.75, 3.05) is 14.1 Å². The maximum Gasteiger partial charge on any atom is 0.253 e. The lowest BCUT2D eigenvalue weighted by molar-refractivity contribution is 0.0827. The smallest absolute Gasteiger partial charge is 0.253 e. The molecule has 27 heavy (non-hydrogen) atoms. The molecule has 1 amide bonds. The van der Waals surface area contributed by atoms with Crippen molar-refractivity contribution in [3.05, 3.63) is 83.5 Å². The van der Waals surface area contributed by atoms with Crippen LogP contribution in [0.3, 0.4) is 0 Å². The molecule has 0 aliphatic rings. The second-order valence-corrected chi connectivity index (χ2v) is 7.04. The predicted molar refractivity (Wildman–Crippen MR) is 109 cm³/mol. The summed E-state index contributed by atoms with van der Waals surface area (Å²) in [5.41, 5.74) is 5.61. The van der Waals surface area contributed by atoms with E-state index < -0.39 is 0 Å². The second-order valence-electron chi connectivity index (χ2n) is 6.60. The number of fused-ring (bicyclic) bond motifs is 1. The van der Waals surface area contributed by atoms with Crippen LogP contribution >= 0.6 is 11.6 Å². The minimum absolute atomic E-state index is 0.00712. The molecule has 0 radical (unpaired) electrons. The molecule has 0 unspecified atom stereocenters. The van der Waals surface area contributed by atoms with E-state index in [4.69, 9.17) is 11.6 Å². The molecule has 0 saturated heterocycles. The predicted octanol–water partition coefficient (Wildman–Crippen LogP) is 5.02. The van der Waals surface area contributed by atoms with Crippen LogP contribution in [0.5, 0.6) is 0 Å². The summed E-state index contributed by atoms with van der Waals surface area (Å²) < 4.78 is 1.85. The number of rotatable bonds is 3. The Morgan fingerprint density at radius 1 is 0.926 bits per heavy atom. The monoisotopic (exact) mass is 375 g/mol. The van der Waals surface area contributed by atoms with E-state index in [1.807, 2.05) is 71.4 Å². The van der Waals surface area contributed by atoms with Crippen molar-refractivity contribution in [1.29, 1.82) is 0 Å². The van der Waals surface area contributed by atoms with Crippen LogP contribution in [0.4, 0.5) is 0 Å². The Hall–Kier alpha value is -3.11. The zero-order valence-corrected chi connectivity index (χ0v) is 15.8. The van der Waals surface area contributed by atoms with Crippen molar-refractivity contribution >= 4 is 23.0 Å². The Bertz CT molecular complexity index is 1130. The summed E-state index contributed by atoms with van der Waals surface area (Å²) in [6, 6.07) is 21.4. The maximum atomic E-state index is 12.2. The first-order valence-electron chi connectivity index (χ1n) is 8.59. The SMILES string of the molecule is CN(C)C(=O)c1cccc(-c2ccn3nc(-c4ccc(Cl)cc4)cc3c2)c1. The first-order chi connectivity index (χ1) is 13.0. The Morgan fingerprint density at radius 2 is 1.67 bits per heavy atom. The number of pyridine rings is 1. The maximum absolute atomic E-state index is 12.2. The lowest BCUT2D eigenvalue weighted by atomic mass is 10.0. The van der Waals surface area contributed by atoms with Gasteiger partial charge in [0, 0.05) is 36.4 Å². The lowest BCUT2D eigenvalue weighted by Crippen LogP contribution is -2.21. The van der Waals surface area contributed by atoms with Gasteiger partial charge in [0.25, 0.3) is 5.91 Å². The third-order valence-electron chi connectivity index (χ3n) is 4.45. The van der Waals surface area contributed by atoms with Gasteiger partial charge in [-0.15, -0.1) is 0 Å². The summed E-state index contributed by atoms with van der Waals surface area (Å²) in [5.74, 6) is -0.00712. The second kappa shape index (κ2) is 6.89. The highest BCUT2D eigenvalue weighted by atomic mass is 35.5. The van der Waals surface area contributed by atoms with Gasteiger partial charge in [-0.1, -0.05) is 35.9 Å². The molecule has 5 heteroatoms. The molecule has 4 nitrogen and oxygen atoms in total. The van der Waals surface area contributed by atoms with E-state index in [9.17, 15) is 4.79 Å². The molecule has 2 aromatic carbocycles. The van der Waals surface area contributed by atoms with Gasteiger partial charge < -0.3 is 4.90 Å². The summed E-state index contributed by atoms with van der Waals surface area (Å²) in [7, 11) is 3.51. The number of hydrogen-bond donors (Lipinski definition) is 0. The molecular weight excluding hydrogens is 358 g/mol. The number of hydrogen-bond acceptors (Lipinski definition) is 2. The molecule has 0 aliphatic carbocycles. The largest absolute Gasteiger partial charge is 0.345 e. The van der Waals surface area contributed by atoms with Gasteiger partial charge in [-0.05, 0) is 53.6 Å². The van der Waals surface area contributed by atoms with E-state index in [1.165, 1.54) is 0 Å². The first-order valence-corrected chi connectivity index (χ1v) is 8.96. The van der Waals surface area contributed by atoms with Gasteiger partial charge in [-0.2, -0.15) is 5.10 Å². The topological polar surface area (TPSA) is 37.6 Å². The fraction of sp³-hybridized carbons (Fsp3) is 0.0909. The summed E-state index contributed by atoms with van der Waals surface area (Å²) in [6.07, 6.45) is 1.94. The Balaban J connectivity index is 1.73. The van der Waals surface area contributed by atoms with E-state index in [0.717, 1.165) is 27.9 Å². The van der Waals surface area contributed by atoms with Crippen molar-refractivity contribution in [3.8, 4) is 22.4 Å². The summed E-state index contributed by atoms with van der Waals surface area (Å²) in [4.78, 5) is 13.8. The van der Waals surface area contributed by atoms with Crippen LogP contribution < -0.4 is 0 Å². The highest BCUT2D eigenvalue weighted by Crippen LogP contribution is 2.26. The average molecular weight is 376 g/mol. The molecule has 0 N–H and O–H groups in total. The molecule has 4 rings (SSSR count). The van der Waals surface area contributed by atoms with Gasteiger partial charge in [-0.3, -0.25) is 4.79 Å². The van der Waals surface area contributed by atoms with E-state index in [0.29, 0.717) is 10.6 Å². The van der Waals surface area contributed by atoms with Crippen molar-refractivity contribution < 1.29 is 4.79 Å². The molecular formula is C22H18ClN3O. The van der Waals surface area contributed by atoms with Crippen LogP contribution in [-0.4, -0.2) is 34.5 Å². The summed E-state index contributed by atoms with van der Waals surface area (Å²) in [5, 5.41) is 5.33. The van der Waals surface area contributed by atoms with Gasteiger partial charge in [0.1, 0.15) is 0 Å². The standard InChI is InChI=1S/C22H18ClN3O/c1-25(2)22(27)18-5-3-4-16(12-18)17-10-11-26-20(13-17)14-21(24-26)15-6-8-19(23)9-7-15/h3-14H,1-2H3. The Kier molecular flexibility index (Phi) is 4.42. The van der Waals surface area contributed by atoms with Gasteiger partial charge in [0.05, 0.1) is 11.2 Å². The molecule has 0 fully saturated rings. The minimum atomic E-state index is -0.00712. The molecule has 0 atom stereocenters. The molecule has 0 spiro atoms. The van der Waals surface area contributed by atoms with Gasteiger partial charge in [-0.25, -0.2) is 4.52 Å². The number of carbonyl (C=O) groups is 1. The van der Waals surface area contributed by atoms with Crippen LogP contribution in [0.1, 0.15) is 10.4 Å². The Morgan fingerprint density at radius 3 is 2.41 bits per heavy atom. The fourth-order valence-corrected chi connectivity index (χ4v) is 3.15. The summed E-state index contributed by atoms with van der Waals surface area (Å²) in [6.45, 7) is 0. The average Bonchev–Trinajstić information content (AvgIpc) is 3.11. The minimum Gasteiger partial charge on any atom is -0.345 e. The van der Waals surface area contributed by atoms with Crippen LogP contribution in [0, 0.1) is 0 Å². The first kappa shape index (κ1) is 17.3. The Labute approximate surface area is 162 Å². The number of amides is 1. The highest BCUT2D eigenvalue weighted by Gasteiger charge is 2.10. The van der Waals surface area contributed by atoms with Crippen LogP contribution in [0.15, 0.2) is 72.9 Å². The van der Waals surface area contributed by atoms with Crippen molar-refractivity contribution in [2.24, 2.45) is 0 Å². The van der Waals surface area contributed by atoms with E-state index >= 15 is 0 Å². The third kappa shape index (κ3) is 3.44. The van der Waals surface area contributed by atoms with E-state index in [2.05, 4.69) is 11.2 Å². The van der Waals surface area contributed by atoms with E-state index in [-0.39, 0.29) is 5.91 Å². The van der Waals surface area contributed by atoms with Crippen molar-refractivity contribution in [1.82, 2.24) is 14.5 Å². The lowest BCUT2D eigenvalue weighted by Gasteiger charge is -2.11. The van der Waals surface area contributed by atoms with Crippen molar-refractivity contribution in [2.45, 2.75) is 0 Å².